The Morgan fingerprint density at radius 3 is 1.73 bits per heavy atom. The Bertz CT molecular complexity index is 446. The molecule has 2 nitrogen and oxygen atoms in total. The largest absolute Gasteiger partial charge is 0.385 e. The van der Waals surface area contributed by atoms with Gasteiger partial charge in [0.05, 0.1) is 5.60 Å². The van der Waals surface area contributed by atoms with Crippen LogP contribution in [0, 0.1) is 17.3 Å². The van der Waals surface area contributed by atoms with Gasteiger partial charge in [-0.05, 0) is 35.4 Å². The van der Waals surface area contributed by atoms with E-state index in [4.69, 9.17) is 0 Å². The van der Waals surface area contributed by atoms with E-state index in [1.54, 1.807) is 0 Å². The number of aliphatic hydroxyl groups is 1. The summed E-state index contributed by atoms with van der Waals surface area (Å²) >= 11 is 0. The molecule has 0 aliphatic rings. The number of nitrogens with one attached hydrogen (secondary N) is 1. The topological polar surface area (TPSA) is 32.3 Å². The summed E-state index contributed by atoms with van der Waals surface area (Å²) in [4.78, 5) is 0. The molecule has 2 heteroatoms. The van der Waals surface area contributed by atoms with Crippen LogP contribution in [0.15, 0.2) is 24.3 Å². The Morgan fingerprint density at radius 2 is 1.41 bits per heavy atom. The molecule has 126 valence electrons. The van der Waals surface area contributed by atoms with E-state index in [2.05, 4.69) is 78.0 Å². The Morgan fingerprint density at radius 1 is 0.955 bits per heavy atom. The third kappa shape index (κ3) is 3.91. The first-order chi connectivity index (χ1) is 10.0. The third-order valence-corrected chi connectivity index (χ3v) is 4.99. The van der Waals surface area contributed by atoms with Crippen LogP contribution >= 0.6 is 0 Å². The molecule has 0 heterocycles. The van der Waals surface area contributed by atoms with Crippen LogP contribution in [0.25, 0.3) is 0 Å². The minimum absolute atomic E-state index is 0.189. The zero-order chi connectivity index (χ0) is 17.1. The minimum Gasteiger partial charge on any atom is -0.385 e. The van der Waals surface area contributed by atoms with Gasteiger partial charge in [0, 0.05) is 12.5 Å². The van der Waals surface area contributed by atoms with Gasteiger partial charge in [-0.3, -0.25) is 0 Å². The van der Waals surface area contributed by atoms with E-state index in [1.807, 2.05) is 7.05 Å². The second kappa shape index (κ2) is 7.14. The molecular weight excluding hydrogens is 270 g/mol. The summed E-state index contributed by atoms with van der Waals surface area (Å²) in [6.07, 6.45) is 0. The lowest BCUT2D eigenvalue weighted by Gasteiger charge is -2.37. The first-order valence-electron chi connectivity index (χ1n) is 8.52. The highest BCUT2D eigenvalue weighted by atomic mass is 16.3. The predicted molar refractivity (Wildman–Crippen MR) is 96.1 cm³/mol. The van der Waals surface area contributed by atoms with Gasteiger partial charge in [0.25, 0.3) is 0 Å². The van der Waals surface area contributed by atoms with E-state index in [9.17, 15) is 5.11 Å². The van der Waals surface area contributed by atoms with Crippen molar-refractivity contribution in [2.45, 2.75) is 60.0 Å². The molecule has 0 aromatic heterocycles. The van der Waals surface area contributed by atoms with Crippen molar-refractivity contribution in [2.24, 2.45) is 17.3 Å². The van der Waals surface area contributed by atoms with Gasteiger partial charge in [-0.1, -0.05) is 72.7 Å². The Hall–Kier alpha value is -0.860. The molecule has 1 atom stereocenters. The highest BCUT2D eigenvalue weighted by Gasteiger charge is 2.36. The molecule has 0 bridgehead atoms. The summed E-state index contributed by atoms with van der Waals surface area (Å²) < 4.78 is 0. The summed E-state index contributed by atoms with van der Waals surface area (Å²) in [5.74, 6) is 0.834. The lowest BCUT2D eigenvalue weighted by Crippen LogP contribution is -2.37. The SMILES string of the molecule is CNCC(c1ccc(C(O)(C(C)C)C(C)C)cc1)C(C)(C)C. The fourth-order valence-corrected chi connectivity index (χ4v) is 3.44. The van der Waals surface area contributed by atoms with E-state index in [0.29, 0.717) is 5.92 Å². The molecule has 22 heavy (non-hydrogen) atoms. The van der Waals surface area contributed by atoms with Crippen molar-refractivity contribution >= 4 is 0 Å². The molecule has 0 aliphatic heterocycles. The van der Waals surface area contributed by atoms with Gasteiger partial charge in [0.15, 0.2) is 0 Å². The second-order valence-corrected chi connectivity index (χ2v) is 8.23. The van der Waals surface area contributed by atoms with Gasteiger partial charge >= 0.3 is 0 Å². The fourth-order valence-electron chi connectivity index (χ4n) is 3.44. The van der Waals surface area contributed by atoms with Gasteiger partial charge < -0.3 is 10.4 Å². The number of likely N-dealkylation sites (N-methyl/N-ethyl adjacent to an activating group) is 1. The highest BCUT2D eigenvalue weighted by molar-refractivity contribution is 5.31. The van der Waals surface area contributed by atoms with Crippen molar-refractivity contribution < 1.29 is 5.11 Å². The summed E-state index contributed by atoms with van der Waals surface area (Å²) in [6, 6.07) is 8.62. The van der Waals surface area contributed by atoms with Crippen molar-refractivity contribution in [1.82, 2.24) is 5.32 Å². The zero-order valence-electron chi connectivity index (χ0n) is 15.7. The Balaban J connectivity index is 3.18. The molecule has 0 saturated heterocycles. The average molecular weight is 306 g/mol. The molecule has 1 rings (SSSR count). The van der Waals surface area contributed by atoms with Crippen LogP contribution in [0.2, 0.25) is 0 Å². The van der Waals surface area contributed by atoms with E-state index >= 15 is 0 Å². The van der Waals surface area contributed by atoms with Crippen molar-refractivity contribution in [1.29, 1.82) is 0 Å². The molecule has 1 aromatic carbocycles. The smallest absolute Gasteiger partial charge is 0.0941 e. The Labute approximate surface area is 137 Å². The maximum atomic E-state index is 11.1. The molecule has 0 aliphatic carbocycles. The molecule has 0 amide bonds. The quantitative estimate of drug-likeness (QED) is 0.809. The maximum absolute atomic E-state index is 11.1. The number of rotatable bonds is 6. The molecule has 1 unspecified atom stereocenters. The summed E-state index contributed by atoms with van der Waals surface area (Å²) in [7, 11) is 2.00. The number of hydrogen-bond donors (Lipinski definition) is 2. The van der Waals surface area contributed by atoms with Crippen LogP contribution in [-0.2, 0) is 5.60 Å². The van der Waals surface area contributed by atoms with E-state index < -0.39 is 5.60 Å². The predicted octanol–water partition coefficient (Wildman–Crippen LogP) is 4.54. The summed E-state index contributed by atoms with van der Waals surface area (Å²) in [5.41, 5.74) is 1.80. The van der Waals surface area contributed by atoms with Crippen LogP contribution < -0.4 is 5.32 Å². The van der Waals surface area contributed by atoms with Crippen molar-refractivity contribution in [3.8, 4) is 0 Å². The monoisotopic (exact) mass is 305 g/mol. The van der Waals surface area contributed by atoms with Crippen LogP contribution in [0.4, 0.5) is 0 Å². The summed E-state index contributed by atoms with van der Waals surface area (Å²) in [5, 5.41) is 14.4. The van der Waals surface area contributed by atoms with E-state index in [1.165, 1.54) is 5.56 Å². The number of benzene rings is 1. The maximum Gasteiger partial charge on any atom is 0.0941 e. The van der Waals surface area contributed by atoms with Crippen LogP contribution in [0.5, 0.6) is 0 Å². The van der Waals surface area contributed by atoms with Gasteiger partial charge in [-0.2, -0.15) is 0 Å². The minimum atomic E-state index is -0.765. The molecule has 2 N–H and O–H groups in total. The molecule has 0 saturated carbocycles. The first-order valence-corrected chi connectivity index (χ1v) is 8.52. The van der Waals surface area contributed by atoms with Crippen molar-refractivity contribution in [3.05, 3.63) is 35.4 Å². The van der Waals surface area contributed by atoms with Crippen LogP contribution in [0.1, 0.15) is 65.5 Å². The average Bonchev–Trinajstić information content (AvgIpc) is 2.42. The number of hydrogen-bond acceptors (Lipinski definition) is 2. The van der Waals surface area contributed by atoms with Crippen LogP contribution in [0.3, 0.4) is 0 Å². The molecule has 0 spiro atoms. The van der Waals surface area contributed by atoms with Crippen molar-refractivity contribution in [2.75, 3.05) is 13.6 Å². The fraction of sp³-hybridized carbons (Fsp3) is 0.700. The van der Waals surface area contributed by atoms with E-state index in [0.717, 1.165) is 12.1 Å². The van der Waals surface area contributed by atoms with Gasteiger partial charge in [-0.15, -0.1) is 0 Å². The second-order valence-electron chi connectivity index (χ2n) is 8.23. The highest BCUT2D eigenvalue weighted by Crippen LogP contribution is 2.39. The van der Waals surface area contributed by atoms with Gasteiger partial charge in [0.2, 0.25) is 0 Å². The van der Waals surface area contributed by atoms with Crippen molar-refractivity contribution in [3.63, 3.8) is 0 Å². The zero-order valence-corrected chi connectivity index (χ0v) is 15.7. The van der Waals surface area contributed by atoms with E-state index in [-0.39, 0.29) is 17.3 Å². The molecule has 0 fully saturated rings. The molecular formula is C20H35NO. The standard InChI is InChI=1S/C20H35NO/c1-14(2)20(22,15(3)4)17-11-9-16(10-12-17)18(13-21-8)19(5,6)7/h9-12,14-15,18,21-22H,13H2,1-8H3. The molecule has 1 aromatic rings. The van der Waals surface area contributed by atoms with Gasteiger partial charge in [-0.25, -0.2) is 0 Å². The normalized spacial score (nSPS) is 14.7. The summed E-state index contributed by atoms with van der Waals surface area (Å²) in [6.45, 7) is 16.2. The Kier molecular flexibility index (Phi) is 6.23. The molecule has 0 radical (unpaired) electrons. The lowest BCUT2D eigenvalue weighted by atomic mass is 9.73. The first kappa shape index (κ1) is 19.2. The van der Waals surface area contributed by atoms with Gasteiger partial charge in [0.1, 0.15) is 0 Å². The van der Waals surface area contributed by atoms with Crippen LogP contribution in [-0.4, -0.2) is 18.7 Å². The lowest BCUT2D eigenvalue weighted by molar-refractivity contribution is -0.0531. The third-order valence-electron chi connectivity index (χ3n) is 4.99.